The molecule has 0 amide bonds. The number of fused-ring (bicyclic) bond motifs is 1. The summed E-state index contributed by atoms with van der Waals surface area (Å²) in [4.78, 5) is 21.0. The molecule has 9 heteroatoms. The second-order valence-corrected chi connectivity index (χ2v) is 5.90. The number of nitrogens with zero attached hydrogens (tertiary/aromatic N) is 2. The molecule has 0 unspecified atom stereocenters. The summed E-state index contributed by atoms with van der Waals surface area (Å²) in [6, 6.07) is 6.83. The minimum atomic E-state index is -0.443. The van der Waals surface area contributed by atoms with Crippen LogP contribution in [0.25, 0.3) is 10.2 Å². The number of esters is 1. The number of hydrogen-bond acceptors (Lipinski definition) is 9. The maximum atomic E-state index is 11.7. The zero-order chi connectivity index (χ0) is 17.3. The summed E-state index contributed by atoms with van der Waals surface area (Å²) >= 11 is 1.18. The second kappa shape index (κ2) is 6.13. The predicted octanol–water partition coefficient (Wildman–Crippen LogP) is 2.38. The molecule has 0 atom stereocenters. The fraction of sp³-hybridized carbons (Fsp3) is 0.0667. The summed E-state index contributed by atoms with van der Waals surface area (Å²) in [5.74, 6) is 0.108. The van der Waals surface area contributed by atoms with Gasteiger partial charge in [-0.05, 0) is 24.3 Å². The molecular weight excluding hydrogens is 328 g/mol. The maximum Gasteiger partial charge on any atom is 0.348 e. The van der Waals surface area contributed by atoms with Gasteiger partial charge in [-0.25, -0.2) is 9.78 Å². The van der Waals surface area contributed by atoms with E-state index in [1.165, 1.54) is 24.7 Å². The van der Waals surface area contributed by atoms with Crippen LogP contribution in [0.15, 0.2) is 24.3 Å². The average Bonchev–Trinajstić information content (AvgIpc) is 2.99. The van der Waals surface area contributed by atoms with Crippen LogP contribution >= 0.6 is 11.3 Å². The van der Waals surface area contributed by atoms with Crippen LogP contribution < -0.4 is 16.8 Å². The van der Waals surface area contributed by atoms with Crippen molar-refractivity contribution in [3.63, 3.8) is 0 Å². The van der Waals surface area contributed by atoms with Crippen molar-refractivity contribution in [1.29, 1.82) is 5.41 Å². The largest absolute Gasteiger partial charge is 0.465 e. The van der Waals surface area contributed by atoms with Gasteiger partial charge < -0.3 is 26.9 Å². The number of aromatic nitrogens is 2. The Hall–Kier alpha value is -3.20. The van der Waals surface area contributed by atoms with Gasteiger partial charge in [-0.2, -0.15) is 4.98 Å². The highest BCUT2D eigenvalue weighted by Gasteiger charge is 2.16. The first-order valence-electron chi connectivity index (χ1n) is 6.84. The number of carbonyl (C=O) groups is 1. The number of rotatable bonds is 4. The lowest BCUT2D eigenvalue weighted by molar-refractivity contribution is 0.0606. The molecular formula is C15H14N6O2S. The van der Waals surface area contributed by atoms with Gasteiger partial charge >= 0.3 is 5.97 Å². The van der Waals surface area contributed by atoms with E-state index < -0.39 is 5.97 Å². The Bertz CT molecular complexity index is 953. The Morgan fingerprint density at radius 2 is 2.12 bits per heavy atom. The summed E-state index contributed by atoms with van der Waals surface area (Å²) in [5, 5.41) is 11.1. The van der Waals surface area contributed by atoms with Crippen LogP contribution in [0.2, 0.25) is 0 Å². The van der Waals surface area contributed by atoms with Crippen molar-refractivity contribution in [3.05, 3.63) is 34.7 Å². The van der Waals surface area contributed by atoms with Gasteiger partial charge in [0, 0.05) is 23.2 Å². The lowest BCUT2D eigenvalue weighted by Crippen LogP contribution is -2.01. The third-order valence-electron chi connectivity index (χ3n) is 3.30. The molecule has 0 fully saturated rings. The number of thiophene rings is 1. The van der Waals surface area contributed by atoms with Crippen molar-refractivity contribution in [2.24, 2.45) is 0 Å². The van der Waals surface area contributed by atoms with Gasteiger partial charge in [0.25, 0.3) is 0 Å². The number of nitrogen functional groups attached to an aromatic ring is 2. The minimum absolute atomic E-state index is 0.0889. The van der Waals surface area contributed by atoms with Crippen LogP contribution in [0.3, 0.4) is 0 Å². The normalized spacial score (nSPS) is 10.5. The Morgan fingerprint density at radius 3 is 2.83 bits per heavy atom. The Balaban J connectivity index is 2.07. The van der Waals surface area contributed by atoms with Crippen molar-refractivity contribution in [2.75, 3.05) is 23.9 Å². The van der Waals surface area contributed by atoms with E-state index in [0.29, 0.717) is 37.8 Å². The third kappa shape index (κ3) is 2.84. The highest BCUT2D eigenvalue weighted by atomic mass is 32.1. The topological polar surface area (TPSA) is 140 Å². The number of hydrogen-bond donors (Lipinski definition) is 4. The SMILES string of the molecule is COC(=O)c1cc2c(Nc3ccc(N)c(C=N)c3)nc(N)nc2s1. The lowest BCUT2D eigenvalue weighted by Gasteiger charge is -2.09. The molecule has 0 aliphatic heterocycles. The molecule has 8 nitrogen and oxygen atoms in total. The minimum Gasteiger partial charge on any atom is -0.465 e. The van der Waals surface area contributed by atoms with Gasteiger partial charge in [-0.1, -0.05) is 0 Å². The highest BCUT2D eigenvalue weighted by molar-refractivity contribution is 7.20. The van der Waals surface area contributed by atoms with E-state index in [9.17, 15) is 4.79 Å². The lowest BCUT2D eigenvalue weighted by atomic mass is 10.1. The zero-order valence-corrected chi connectivity index (χ0v) is 13.5. The number of anilines is 4. The molecule has 0 aliphatic carbocycles. The predicted molar refractivity (Wildman–Crippen MR) is 95.2 cm³/mol. The van der Waals surface area contributed by atoms with Crippen molar-refractivity contribution in [1.82, 2.24) is 9.97 Å². The quantitative estimate of drug-likeness (QED) is 0.324. The van der Waals surface area contributed by atoms with Crippen molar-refractivity contribution in [3.8, 4) is 0 Å². The summed E-state index contributed by atoms with van der Waals surface area (Å²) in [7, 11) is 1.32. The van der Waals surface area contributed by atoms with E-state index in [4.69, 9.17) is 21.6 Å². The number of ether oxygens (including phenoxy) is 1. The van der Waals surface area contributed by atoms with Crippen LogP contribution in [0.1, 0.15) is 15.2 Å². The molecule has 122 valence electrons. The number of benzene rings is 1. The van der Waals surface area contributed by atoms with Gasteiger partial charge in [0.15, 0.2) is 0 Å². The van der Waals surface area contributed by atoms with Gasteiger partial charge in [0.2, 0.25) is 5.95 Å². The van der Waals surface area contributed by atoms with Gasteiger partial charge in [-0.15, -0.1) is 11.3 Å². The van der Waals surface area contributed by atoms with E-state index in [1.54, 1.807) is 24.3 Å². The molecule has 1 aromatic carbocycles. The van der Waals surface area contributed by atoms with Gasteiger partial charge in [0.1, 0.15) is 15.5 Å². The zero-order valence-electron chi connectivity index (χ0n) is 12.7. The van der Waals surface area contributed by atoms with E-state index >= 15 is 0 Å². The molecule has 2 heterocycles. The molecule has 0 radical (unpaired) electrons. The second-order valence-electron chi connectivity index (χ2n) is 4.86. The summed E-state index contributed by atoms with van der Waals surface area (Å²) in [5.41, 5.74) is 13.3. The van der Waals surface area contributed by atoms with Crippen molar-refractivity contribution in [2.45, 2.75) is 0 Å². The van der Waals surface area contributed by atoms with E-state index in [2.05, 4.69) is 15.3 Å². The molecule has 3 aromatic rings. The van der Waals surface area contributed by atoms with Crippen LogP contribution in [0.5, 0.6) is 0 Å². The molecule has 6 N–H and O–H groups in total. The number of carbonyl (C=O) groups excluding carboxylic acids is 1. The number of nitrogens with two attached hydrogens (primary N) is 2. The Morgan fingerprint density at radius 1 is 1.33 bits per heavy atom. The van der Waals surface area contributed by atoms with Crippen molar-refractivity contribution < 1.29 is 9.53 Å². The first kappa shape index (κ1) is 15.7. The van der Waals surface area contributed by atoms with Gasteiger partial charge in [0.05, 0.1) is 12.5 Å². The van der Waals surface area contributed by atoms with Crippen molar-refractivity contribution >= 4 is 56.9 Å². The molecule has 0 spiro atoms. The Labute approximate surface area is 141 Å². The number of nitrogens with one attached hydrogen (secondary N) is 2. The highest BCUT2D eigenvalue weighted by Crippen LogP contribution is 2.32. The van der Waals surface area contributed by atoms with Crippen LogP contribution in [0.4, 0.5) is 23.1 Å². The average molecular weight is 342 g/mol. The van der Waals surface area contributed by atoms with E-state index in [0.717, 1.165) is 0 Å². The molecule has 24 heavy (non-hydrogen) atoms. The van der Waals surface area contributed by atoms with Crippen LogP contribution in [0, 0.1) is 5.41 Å². The number of methoxy groups -OCH3 is 1. The molecule has 0 saturated heterocycles. The first-order chi connectivity index (χ1) is 11.5. The molecule has 0 saturated carbocycles. The summed E-state index contributed by atoms with van der Waals surface area (Å²) < 4.78 is 4.73. The molecule has 0 bridgehead atoms. The monoisotopic (exact) mass is 342 g/mol. The molecule has 2 aromatic heterocycles. The fourth-order valence-electron chi connectivity index (χ4n) is 2.15. The third-order valence-corrected chi connectivity index (χ3v) is 4.31. The maximum absolute atomic E-state index is 11.7. The standard InChI is InChI=1S/C15H14N6O2S/c1-23-14(22)11-5-9-12(20-15(18)21-13(9)24-11)19-8-2-3-10(17)7(4-8)6-16/h2-6,16H,17H2,1H3,(H3,18,19,20,21). The first-order valence-corrected chi connectivity index (χ1v) is 7.66. The summed E-state index contributed by atoms with van der Waals surface area (Å²) in [6.45, 7) is 0. The van der Waals surface area contributed by atoms with Crippen LogP contribution in [-0.4, -0.2) is 29.3 Å². The van der Waals surface area contributed by atoms with E-state index in [-0.39, 0.29) is 5.95 Å². The molecule has 0 aliphatic rings. The smallest absolute Gasteiger partial charge is 0.348 e. The summed E-state index contributed by atoms with van der Waals surface area (Å²) in [6.07, 6.45) is 1.17. The van der Waals surface area contributed by atoms with Crippen LogP contribution in [-0.2, 0) is 4.74 Å². The Kier molecular flexibility index (Phi) is 4.00. The molecule has 3 rings (SSSR count). The van der Waals surface area contributed by atoms with E-state index in [1.807, 2.05) is 0 Å². The fourth-order valence-corrected chi connectivity index (χ4v) is 3.11. The van der Waals surface area contributed by atoms with Gasteiger partial charge in [-0.3, -0.25) is 0 Å².